The number of ether oxygens (including phenoxy) is 12. The molecule has 0 radical (unpaired) electrons. The van der Waals surface area contributed by atoms with Gasteiger partial charge in [-0.05, 0) is 6.42 Å². The molecule has 0 aromatic rings. The predicted molar refractivity (Wildman–Crippen MR) is 181 cm³/mol. The van der Waals surface area contributed by atoms with E-state index >= 15 is 0 Å². The Morgan fingerprint density at radius 1 is 0.475 bits per heavy atom. The maximum absolute atomic E-state index is 11.6. The minimum Gasteiger partial charge on any atom is -0.480 e. The molecule has 0 aromatic carbocycles. The summed E-state index contributed by atoms with van der Waals surface area (Å²) >= 11 is 0. The number of aliphatic carboxylic acids is 3. The molecule has 11 N–H and O–H groups in total. The Bertz CT molecular complexity index is 1320. The second-order valence-corrected chi connectivity index (χ2v) is 13.9. The van der Waals surface area contributed by atoms with Crippen LogP contribution in [0.3, 0.4) is 0 Å². The van der Waals surface area contributed by atoms with E-state index in [1.807, 2.05) is 0 Å². The summed E-state index contributed by atoms with van der Waals surface area (Å²) in [6.45, 7) is -2.85. The fourth-order valence-corrected chi connectivity index (χ4v) is 7.01. The van der Waals surface area contributed by atoms with Crippen molar-refractivity contribution in [2.24, 2.45) is 0 Å². The summed E-state index contributed by atoms with van der Waals surface area (Å²) in [7, 11) is 2.35. The number of hydrogen-bond acceptors (Lipinski definition) is 23. The van der Waals surface area contributed by atoms with Crippen molar-refractivity contribution in [3.63, 3.8) is 0 Å². The van der Waals surface area contributed by atoms with Crippen molar-refractivity contribution in [2.75, 3.05) is 53.9 Å². The largest absolute Gasteiger partial charge is 0.480 e. The van der Waals surface area contributed by atoms with Crippen LogP contribution in [-0.2, 0) is 71.2 Å². The third-order valence-corrected chi connectivity index (χ3v) is 9.91. The number of aliphatic hydroxyl groups is 8. The molecule has 0 spiro atoms. The Labute approximate surface area is 335 Å². The van der Waals surface area contributed by atoms with Crippen LogP contribution in [-0.4, -0.2) is 251 Å². The normalized spacial score (nSPS) is 43.0. The van der Waals surface area contributed by atoms with E-state index in [0.29, 0.717) is 0 Å². The van der Waals surface area contributed by atoms with E-state index in [9.17, 15) is 60.3 Å². The molecular formula is C33H54O26. The summed E-state index contributed by atoms with van der Waals surface area (Å²) in [5.41, 5.74) is 0. The SMILES string of the molecule is CCC1O[C@@H](O[C@H]2C(O)C(O)[C@H](OC)O[C@H]2COCC(=O)O)C(OCC(=O)O)[C@@H](O)[C@@H]1O[C@@H]1O[C@@H](CO)[C@@H](O[C@@H]2OC(COCC(=O)O)[C@@H](OC)[C@H](O)C2O)C(O)C1O. The maximum Gasteiger partial charge on any atom is 0.329 e. The van der Waals surface area contributed by atoms with Crippen molar-refractivity contribution in [1.82, 2.24) is 0 Å². The molecule has 8 unspecified atom stereocenters. The first-order valence-electron chi connectivity index (χ1n) is 18.4. The van der Waals surface area contributed by atoms with Crippen LogP contribution in [0.25, 0.3) is 0 Å². The Morgan fingerprint density at radius 3 is 1.36 bits per heavy atom. The number of carboxylic acids is 3. The first kappa shape index (κ1) is 49.3. The zero-order valence-electron chi connectivity index (χ0n) is 32.0. The standard InChI is InChI=1S/C33H54O26/c1-4-11-26(24(47)29(52-10-17(39)40)33(53-11)59-28-14(7-51-9-16(37)38)55-30(49-3)21(44)19(28)42)57-31-23(46)20(43)27(12(5-34)54-31)58-32-22(45)18(41)25(48-2)13(56-32)6-50-8-15(35)36/h11-14,18-34,41-47H,4-10H2,1-3H3,(H,35,36)(H,37,38)(H,39,40)/t11?,12-,13?,14-,18+,19?,20?,21?,22?,23?,24-,25+,26+,27+,28+,29?,30+,31-,32-,33-/m0/s1. The van der Waals surface area contributed by atoms with Crippen molar-refractivity contribution in [1.29, 1.82) is 0 Å². The van der Waals surface area contributed by atoms with Gasteiger partial charge in [0.25, 0.3) is 0 Å². The van der Waals surface area contributed by atoms with Gasteiger partial charge in [-0.2, -0.15) is 0 Å². The van der Waals surface area contributed by atoms with E-state index < -0.39 is 180 Å². The van der Waals surface area contributed by atoms with Crippen LogP contribution < -0.4 is 0 Å². The summed E-state index contributed by atoms with van der Waals surface area (Å²) in [4.78, 5) is 33.5. The van der Waals surface area contributed by atoms with Crippen LogP contribution in [0.15, 0.2) is 0 Å². The van der Waals surface area contributed by atoms with Gasteiger partial charge in [-0.25, -0.2) is 14.4 Å². The van der Waals surface area contributed by atoms with E-state index in [1.165, 1.54) is 14.2 Å². The molecule has 0 aliphatic carbocycles. The fraction of sp³-hybridized carbons (Fsp3) is 0.909. The molecule has 26 heteroatoms. The van der Waals surface area contributed by atoms with Crippen molar-refractivity contribution in [3.8, 4) is 0 Å². The molecule has 4 rings (SSSR count). The summed E-state index contributed by atoms with van der Waals surface area (Å²) in [6, 6.07) is 0. The van der Waals surface area contributed by atoms with Crippen molar-refractivity contribution in [3.05, 3.63) is 0 Å². The molecule has 0 aromatic heterocycles. The average Bonchev–Trinajstić information content (AvgIpc) is 3.19. The van der Waals surface area contributed by atoms with E-state index in [0.717, 1.165) is 0 Å². The van der Waals surface area contributed by atoms with Crippen LogP contribution in [0.1, 0.15) is 13.3 Å². The van der Waals surface area contributed by atoms with E-state index in [4.69, 9.17) is 67.1 Å². The molecule has 4 heterocycles. The topological polar surface area (TPSA) is 385 Å². The smallest absolute Gasteiger partial charge is 0.329 e. The zero-order chi connectivity index (χ0) is 43.7. The fourth-order valence-electron chi connectivity index (χ4n) is 7.01. The third kappa shape index (κ3) is 12.2. The quantitative estimate of drug-likeness (QED) is 0.0511. The molecule has 0 saturated carbocycles. The monoisotopic (exact) mass is 866 g/mol. The number of hydrogen-bond donors (Lipinski definition) is 11. The first-order chi connectivity index (χ1) is 28.0. The van der Waals surface area contributed by atoms with Gasteiger partial charge in [0, 0.05) is 14.2 Å². The lowest BCUT2D eigenvalue weighted by atomic mass is 9.94. The number of carbonyl (C=O) groups is 3. The van der Waals surface area contributed by atoms with E-state index in [-0.39, 0.29) is 6.42 Å². The minimum absolute atomic E-state index is 0.00998. The van der Waals surface area contributed by atoms with Crippen LogP contribution in [0.5, 0.6) is 0 Å². The number of aliphatic hydroxyl groups excluding tert-OH is 8. The van der Waals surface area contributed by atoms with Gasteiger partial charge in [-0.15, -0.1) is 0 Å². The summed E-state index contributed by atoms with van der Waals surface area (Å²) in [5.74, 6) is -4.13. The van der Waals surface area contributed by atoms with Crippen LogP contribution in [0.4, 0.5) is 0 Å². The zero-order valence-corrected chi connectivity index (χ0v) is 32.0. The number of rotatable bonds is 21. The lowest BCUT2D eigenvalue weighted by Gasteiger charge is -2.50. The van der Waals surface area contributed by atoms with Crippen molar-refractivity contribution in [2.45, 2.75) is 136 Å². The Kier molecular flexibility index (Phi) is 18.9. The van der Waals surface area contributed by atoms with Gasteiger partial charge in [-0.3, -0.25) is 0 Å². The minimum atomic E-state index is -2.04. The number of methoxy groups -OCH3 is 2. The average molecular weight is 867 g/mol. The van der Waals surface area contributed by atoms with Crippen LogP contribution in [0, 0.1) is 0 Å². The molecule has 4 fully saturated rings. The molecule has 20 atom stereocenters. The van der Waals surface area contributed by atoms with Gasteiger partial charge < -0.3 is 113 Å². The Morgan fingerprint density at radius 2 is 0.881 bits per heavy atom. The van der Waals surface area contributed by atoms with Crippen LogP contribution >= 0.6 is 0 Å². The molecule has 4 aliphatic heterocycles. The van der Waals surface area contributed by atoms with Gasteiger partial charge in [0.2, 0.25) is 0 Å². The highest BCUT2D eigenvalue weighted by atomic mass is 16.8. The highest BCUT2D eigenvalue weighted by Crippen LogP contribution is 2.36. The predicted octanol–water partition coefficient (Wildman–Crippen LogP) is -6.70. The first-order valence-corrected chi connectivity index (χ1v) is 18.4. The third-order valence-electron chi connectivity index (χ3n) is 9.91. The molecule has 0 amide bonds. The number of carboxylic acid groups (broad SMARTS) is 3. The van der Waals surface area contributed by atoms with Crippen LogP contribution in [0.2, 0.25) is 0 Å². The Hall–Kier alpha value is -2.39. The Balaban J connectivity index is 1.51. The lowest BCUT2D eigenvalue weighted by Crippen LogP contribution is -2.67. The highest BCUT2D eigenvalue weighted by Gasteiger charge is 2.56. The van der Waals surface area contributed by atoms with Gasteiger partial charge in [0.05, 0.1) is 25.9 Å². The summed E-state index contributed by atoms with van der Waals surface area (Å²) in [5, 5.41) is 115. The molecule has 26 nitrogen and oxygen atoms in total. The van der Waals surface area contributed by atoms with Gasteiger partial charge in [0.1, 0.15) is 111 Å². The summed E-state index contributed by atoms with van der Waals surface area (Å²) < 4.78 is 66.5. The molecule has 59 heavy (non-hydrogen) atoms. The maximum atomic E-state index is 11.6. The second-order valence-electron chi connectivity index (χ2n) is 13.9. The molecule has 4 saturated heterocycles. The molecule has 342 valence electrons. The highest BCUT2D eigenvalue weighted by molar-refractivity contribution is 5.68. The molecular weight excluding hydrogens is 812 g/mol. The summed E-state index contributed by atoms with van der Waals surface area (Å²) in [6.07, 6.45) is -32.9. The van der Waals surface area contributed by atoms with Crippen molar-refractivity contribution >= 4 is 17.9 Å². The van der Waals surface area contributed by atoms with Gasteiger partial charge in [0.15, 0.2) is 25.2 Å². The van der Waals surface area contributed by atoms with Crippen molar-refractivity contribution < 1.29 is 127 Å². The molecule has 4 aliphatic rings. The van der Waals surface area contributed by atoms with E-state index in [1.54, 1.807) is 6.92 Å². The second kappa shape index (κ2) is 22.6. The van der Waals surface area contributed by atoms with E-state index in [2.05, 4.69) is 0 Å². The lowest BCUT2D eigenvalue weighted by molar-refractivity contribution is -0.389. The van der Waals surface area contributed by atoms with Gasteiger partial charge >= 0.3 is 17.9 Å². The van der Waals surface area contributed by atoms with Gasteiger partial charge in [-0.1, -0.05) is 6.92 Å². The molecule has 0 bridgehead atoms.